The normalized spacial score (nSPS) is 21.5. The van der Waals surface area contributed by atoms with E-state index in [0.29, 0.717) is 30.1 Å². The van der Waals surface area contributed by atoms with Gasteiger partial charge in [0.05, 0.1) is 11.5 Å². The molecule has 1 aliphatic heterocycles. The largest absolute Gasteiger partial charge is 0.380 e. The maximum absolute atomic E-state index is 13.2. The lowest BCUT2D eigenvalue weighted by atomic mass is 9.89. The van der Waals surface area contributed by atoms with Gasteiger partial charge in [0.2, 0.25) is 10.0 Å². The van der Waals surface area contributed by atoms with Crippen LogP contribution in [0.5, 0.6) is 0 Å². The summed E-state index contributed by atoms with van der Waals surface area (Å²) >= 11 is 0. The first kappa shape index (κ1) is 18.1. The fourth-order valence-electron chi connectivity index (χ4n) is 3.51. The molecule has 0 aromatic heterocycles. The summed E-state index contributed by atoms with van der Waals surface area (Å²) in [5.41, 5.74) is 7.76. The van der Waals surface area contributed by atoms with Gasteiger partial charge in [-0.1, -0.05) is 48.5 Å². The van der Waals surface area contributed by atoms with Crippen molar-refractivity contribution in [2.24, 2.45) is 11.7 Å². The summed E-state index contributed by atoms with van der Waals surface area (Å²) in [5.74, 6) is 0.238. The Bertz CT molecular complexity index is 808. The molecule has 134 valence electrons. The fraction of sp³-hybridized carbons (Fsp3) is 0.368. The molecule has 1 fully saturated rings. The van der Waals surface area contributed by atoms with Gasteiger partial charge >= 0.3 is 0 Å². The van der Waals surface area contributed by atoms with E-state index in [9.17, 15) is 8.42 Å². The fourth-order valence-corrected chi connectivity index (χ4v) is 5.25. The molecule has 0 saturated carbocycles. The lowest BCUT2D eigenvalue weighted by Gasteiger charge is -2.19. The average molecular weight is 360 g/mol. The molecular formula is C19H24N2O3S. The van der Waals surface area contributed by atoms with Crippen molar-refractivity contribution in [2.75, 3.05) is 26.7 Å². The number of methoxy groups -OCH3 is 1. The van der Waals surface area contributed by atoms with Gasteiger partial charge < -0.3 is 10.5 Å². The molecule has 0 aliphatic carbocycles. The van der Waals surface area contributed by atoms with E-state index in [4.69, 9.17) is 10.5 Å². The second kappa shape index (κ2) is 7.66. The maximum atomic E-state index is 13.2. The smallest absolute Gasteiger partial charge is 0.243 e. The molecule has 6 heteroatoms. The van der Waals surface area contributed by atoms with Gasteiger partial charge in [0.15, 0.2) is 0 Å². The van der Waals surface area contributed by atoms with E-state index >= 15 is 0 Å². The van der Waals surface area contributed by atoms with Gasteiger partial charge in [-0.25, -0.2) is 8.42 Å². The Morgan fingerprint density at radius 2 is 1.76 bits per heavy atom. The zero-order valence-corrected chi connectivity index (χ0v) is 15.2. The van der Waals surface area contributed by atoms with Crippen LogP contribution in [0.1, 0.15) is 17.0 Å². The van der Waals surface area contributed by atoms with Gasteiger partial charge in [0.1, 0.15) is 0 Å². The minimum Gasteiger partial charge on any atom is -0.380 e. The molecule has 1 aliphatic rings. The number of sulfonamides is 1. The zero-order chi connectivity index (χ0) is 17.9. The Balaban J connectivity index is 1.92. The van der Waals surface area contributed by atoms with Crippen LogP contribution in [0.4, 0.5) is 0 Å². The summed E-state index contributed by atoms with van der Waals surface area (Å²) in [5, 5.41) is 0. The van der Waals surface area contributed by atoms with E-state index in [2.05, 4.69) is 0 Å². The Hall–Kier alpha value is -1.73. The topological polar surface area (TPSA) is 72.6 Å². The van der Waals surface area contributed by atoms with E-state index in [0.717, 1.165) is 5.56 Å². The first-order valence-corrected chi connectivity index (χ1v) is 9.84. The number of rotatable bonds is 6. The van der Waals surface area contributed by atoms with Crippen molar-refractivity contribution in [2.45, 2.75) is 17.4 Å². The Morgan fingerprint density at radius 1 is 1.08 bits per heavy atom. The van der Waals surface area contributed by atoms with Gasteiger partial charge in [-0.15, -0.1) is 0 Å². The molecule has 0 amide bonds. The predicted octanol–water partition coefficient (Wildman–Crippen LogP) is 2.20. The molecule has 5 nitrogen and oxygen atoms in total. The molecular weight excluding hydrogens is 336 g/mol. The Labute approximate surface area is 149 Å². The summed E-state index contributed by atoms with van der Waals surface area (Å²) in [4.78, 5) is 0.321. The number of hydrogen-bond donors (Lipinski definition) is 1. The number of ether oxygens (including phenoxy) is 1. The molecule has 0 radical (unpaired) electrons. The van der Waals surface area contributed by atoms with Crippen molar-refractivity contribution >= 4 is 10.0 Å². The van der Waals surface area contributed by atoms with Crippen molar-refractivity contribution in [1.82, 2.24) is 4.31 Å². The molecule has 0 unspecified atom stereocenters. The highest BCUT2D eigenvalue weighted by Crippen LogP contribution is 2.35. The highest BCUT2D eigenvalue weighted by Gasteiger charge is 2.39. The van der Waals surface area contributed by atoms with Crippen LogP contribution in [0.3, 0.4) is 0 Å². The lowest BCUT2D eigenvalue weighted by Crippen LogP contribution is -2.30. The molecule has 1 heterocycles. The number of nitrogens with zero attached hydrogens (tertiary/aromatic N) is 1. The summed E-state index contributed by atoms with van der Waals surface area (Å²) in [7, 11) is -2.01. The molecule has 2 aromatic rings. The Kier molecular flexibility index (Phi) is 5.54. The van der Waals surface area contributed by atoms with Gasteiger partial charge in [-0.3, -0.25) is 0 Å². The second-order valence-corrected chi connectivity index (χ2v) is 8.28. The summed E-state index contributed by atoms with van der Waals surface area (Å²) in [6.45, 7) is 1.63. The van der Waals surface area contributed by atoms with Crippen LogP contribution >= 0.6 is 0 Å². The van der Waals surface area contributed by atoms with Crippen LogP contribution in [0.15, 0.2) is 59.5 Å². The van der Waals surface area contributed by atoms with Crippen molar-refractivity contribution < 1.29 is 13.2 Å². The molecule has 0 bridgehead atoms. The number of hydrogen-bond acceptors (Lipinski definition) is 4. The van der Waals surface area contributed by atoms with E-state index in [1.807, 2.05) is 36.4 Å². The number of benzene rings is 2. The quantitative estimate of drug-likeness (QED) is 0.857. The van der Waals surface area contributed by atoms with Crippen LogP contribution in [0, 0.1) is 5.92 Å². The summed E-state index contributed by atoms with van der Waals surface area (Å²) < 4.78 is 33.1. The zero-order valence-electron chi connectivity index (χ0n) is 14.3. The third-order valence-corrected chi connectivity index (χ3v) is 6.76. The molecule has 2 N–H and O–H groups in total. The van der Waals surface area contributed by atoms with Crippen molar-refractivity contribution in [3.8, 4) is 0 Å². The average Bonchev–Trinajstić information content (AvgIpc) is 3.08. The van der Waals surface area contributed by atoms with Gasteiger partial charge in [0.25, 0.3) is 0 Å². The van der Waals surface area contributed by atoms with Crippen LogP contribution in [-0.2, 0) is 21.4 Å². The molecule has 2 atom stereocenters. The standard InChI is InChI=1S/C19H24N2O3S/c1-24-14-16-9-5-6-10-19(16)25(22,23)21-12-17(11-20)18(13-21)15-7-3-2-4-8-15/h2-10,17-18H,11-14,20H2,1H3/t17-,18+/m1/s1. The maximum Gasteiger partial charge on any atom is 0.243 e. The SMILES string of the molecule is COCc1ccccc1S(=O)(=O)N1C[C@@H](CN)[C@H](c2ccccc2)C1. The van der Waals surface area contributed by atoms with Crippen molar-refractivity contribution in [3.05, 3.63) is 65.7 Å². The third-order valence-electron chi connectivity index (χ3n) is 4.83. The first-order chi connectivity index (χ1) is 12.1. The molecule has 3 rings (SSSR count). The number of nitrogens with two attached hydrogens (primary N) is 1. The minimum absolute atomic E-state index is 0.117. The van der Waals surface area contributed by atoms with Gasteiger partial charge in [-0.2, -0.15) is 4.31 Å². The molecule has 25 heavy (non-hydrogen) atoms. The Morgan fingerprint density at radius 3 is 2.44 bits per heavy atom. The van der Waals surface area contributed by atoms with Crippen LogP contribution < -0.4 is 5.73 Å². The van der Waals surface area contributed by atoms with Gasteiger partial charge in [-0.05, 0) is 29.7 Å². The van der Waals surface area contributed by atoms with Gasteiger partial charge in [0, 0.05) is 26.1 Å². The highest BCUT2D eigenvalue weighted by atomic mass is 32.2. The summed E-state index contributed by atoms with van der Waals surface area (Å²) in [6.07, 6.45) is 0. The van der Waals surface area contributed by atoms with Crippen LogP contribution in [0.25, 0.3) is 0 Å². The molecule has 2 aromatic carbocycles. The highest BCUT2D eigenvalue weighted by molar-refractivity contribution is 7.89. The molecule has 0 spiro atoms. The lowest BCUT2D eigenvalue weighted by molar-refractivity contribution is 0.182. The van der Waals surface area contributed by atoms with E-state index < -0.39 is 10.0 Å². The third kappa shape index (κ3) is 3.62. The van der Waals surface area contributed by atoms with Crippen LogP contribution in [0.2, 0.25) is 0 Å². The second-order valence-electron chi connectivity index (χ2n) is 6.38. The molecule has 1 saturated heterocycles. The van der Waals surface area contributed by atoms with Crippen LogP contribution in [-0.4, -0.2) is 39.5 Å². The van der Waals surface area contributed by atoms with E-state index in [-0.39, 0.29) is 18.4 Å². The van der Waals surface area contributed by atoms with Crippen molar-refractivity contribution in [1.29, 1.82) is 0 Å². The van der Waals surface area contributed by atoms with E-state index in [1.165, 1.54) is 0 Å². The first-order valence-electron chi connectivity index (χ1n) is 8.40. The van der Waals surface area contributed by atoms with E-state index in [1.54, 1.807) is 29.6 Å². The van der Waals surface area contributed by atoms with Crippen molar-refractivity contribution in [3.63, 3.8) is 0 Å². The summed E-state index contributed by atoms with van der Waals surface area (Å²) in [6, 6.07) is 17.0. The minimum atomic E-state index is -3.58. The monoisotopic (exact) mass is 360 g/mol. The predicted molar refractivity (Wildman–Crippen MR) is 97.6 cm³/mol.